The van der Waals surface area contributed by atoms with Gasteiger partial charge in [0.25, 0.3) is 0 Å². The summed E-state index contributed by atoms with van der Waals surface area (Å²) in [6, 6.07) is 20.5. The molecule has 0 saturated carbocycles. The van der Waals surface area contributed by atoms with Crippen LogP contribution in [0.5, 0.6) is 5.75 Å². The molecule has 3 aromatic rings. The molecule has 1 nitrogen and oxygen atoms in total. The van der Waals surface area contributed by atoms with E-state index in [0.717, 1.165) is 15.8 Å². The fourth-order valence-corrected chi connectivity index (χ4v) is 2.98. The Morgan fingerprint density at radius 2 is 1.71 bits per heavy atom. The van der Waals surface area contributed by atoms with Gasteiger partial charge in [-0.1, -0.05) is 58.4 Å². The van der Waals surface area contributed by atoms with E-state index in [1.54, 1.807) is 0 Å². The second kappa shape index (κ2) is 6.50. The topological polar surface area (TPSA) is 9.23 Å². The highest BCUT2D eigenvalue weighted by Crippen LogP contribution is 2.26. The average molecular weight is 362 g/mol. The van der Waals surface area contributed by atoms with Gasteiger partial charge in [-0.2, -0.15) is 0 Å². The monoisotopic (exact) mass is 360 g/mol. The van der Waals surface area contributed by atoms with Gasteiger partial charge in [0.15, 0.2) is 0 Å². The predicted molar refractivity (Wildman–Crippen MR) is 92.0 cm³/mol. The van der Waals surface area contributed by atoms with E-state index in [1.807, 2.05) is 24.3 Å². The summed E-state index contributed by atoms with van der Waals surface area (Å²) in [7, 11) is 0. The maximum atomic E-state index is 5.98. The van der Waals surface area contributed by atoms with E-state index in [1.165, 1.54) is 16.3 Å². The molecular weight excluding hydrogens is 348 g/mol. The molecule has 0 atom stereocenters. The fourth-order valence-electron chi connectivity index (χ4n) is 2.37. The molecule has 0 N–H and O–H groups in total. The first-order valence-electron chi connectivity index (χ1n) is 6.72. The molecule has 0 spiro atoms. The molecule has 3 heteroatoms. The van der Waals surface area contributed by atoms with Crippen LogP contribution in [-0.4, -0.2) is 0 Å². The molecule has 0 aliphatic rings. The van der Waals surface area contributed by atoms with Crippen molar-refractivity contribution in [2.75, 3.05) is 0 Å². The maximum Gasteiger partial charge on any atom is 0.124 e. The minimum atomic E-state index is 0.435. The van der Waals surface area contributed by atoms with Crippen molar-refractivity contribution in [1.82, 2.24) is 0 Å². The van der Waals surface area contributed by atoms with Crippen LogP contribution in [0.3, 0.4) is 0 Å². The summed E-state index contributed by atoms with van der Waals surface area (Å²) in [6.07, 6.45) is 0. The molecule has 0 unspecified atom stereocenters. The lowest BCUT2D eigenvalue weighted by atomic mass is 10.1. The normalized spacial score (nSPS) is 10.8. The zero-order valence-electron chi connectivity index (χ0n) is 11.4. The van der Waals surface area contributed by atoms with Crippen molar-refractivity contribution in [2.45, 2.75) is 12.5 Å². The summed E-state index contributed by atoms with van der Waals surface area (Å²) in [4.78, 5) is 0. The summed E-state index contributed by atoms with van der Waals surface area (Å²) >= 11 is 9.43. The molecule has 0 heterocycles. The van der Waals surface area contributed by atoms with Crippen molar-refractivity contribution in [3.05, 3.63) is 76.3 Å². The Bertz CT molecular complexity index is 765. The van der Waals surface area contributed by atoms with Crippen LogP contribution in [0.25, 0.3) is 10.8 Å². The molecule has 0 aliphatic carbocycles. The second-order valence-corrected chi connectivity index (χ2v) is 6.00. The predicted octanol–water partition coefficient (Wildman–Crippen LogP) is 5.92. The number of hydrogen-bond acceptors (Lipinski definition) is 1. The van der Waals surface area contributed by atoms with Gasteiger partial charge in [0.1, 0.15) is 12.4 Å². The van der Waals surface area contributed by atoms with Crippen LogP contribution < -0.4 is 4.74 Å². The number of ether oxygens (including phenoxy) is 1. The van der Waals surface area contributed by atoms with Crippen molar-refractivity contribution in [1.29, 1.82) is 0 Å². The Morgan fingerprint density at radius 1 is 0.905 bits per heavy atom. The van der Waals surface area contributed by atoms with Gasteiger partial charge in [-0.05, 0) is 34.5 Å². The van der Waals surface area contributed by atoms with Gasteiger partial charge >= 0.3 is 0 Å². The van der Waals surface area contributed by atoms with Crippen LogP contribution in [0.1, 0.15) is 11.1 Å². The molecule has 0 aliphatic heterocycles. The molecule has 0 fully saturated rings. The first kappa shape index (κ1) is 14.4. The highest BCUT2D eigenvalue weighted by Gasteiger charge is 2.06. The van der Waals surface area contributed by atoms with Crippen molar-refractivity contribution in [3.8, 4) is 5.75 Å². The molecule has 0 saturated heterocycles. The molecule has 0 radical (unpaired) electrons. The number of halogens is 2. The average Bonchev–Trinajstić information content (AvgIpc) is 2.53. The van der Waals surface area contributed by atoms with Crippen molar-refractivity contribution in [2.24, 2.45) is 0 Å². The summed E-state index contributed by atoms with van der Waals surface area (Å²) in [5.74, 6) is 1.27. The molecule has 0 bridgehead atoms. The number of rotatable bonds is 4. The Kier molecular flexibility index (Phi) is 4.47. The van der Waals surface area contributed by atoms with E-state index in [2.05, 4.69) is 52.3 Å². The summed E-state index contributed by atoms with van der Waals surface area (Å²) < 4.78 is 6.98. The Morgan fingerprint density at radius 3 is 2.57 bits per heavy atom. The van der Waals surface area contributed by atoms with Crippen LogP contribution in [0.2, 0.25) is 0 Å². The number of alkyl halides is 1. The second-order valence-electron chi connectivity index (χ2n) is 4.81. The third kappa shape index (κ3) is 3.22. The van der Waals surface area contributed by atoms with Gasteiger partial charge in [-0.3, -0.25) is 0 Å². The minimum Gasteiger partial charge on any atom is -0.489 e. The molecular formula is C18H14BrClO. The van der Waals surface area contributed by atoms with Gasteiger partial charge < -0.3 is 4.74 Å². The Hall–Kier alpha value is -1.51. The molecule has 106 valence electrons. The van der Waals surface area contributed by atoms with Crippen molar-refractivity contribution < 1.29 is 4.74 Å². The van der Waals surface area contributed by atoms with E-state index in [0.29, 0.717) is 12.5 Å². The van der Waals surface area contributed by atoms with Gasteiger partial charge in [-0.15, -0.1) is 11.6 Å². The van der Waals surface area contributed by atoms with Gasteiger partial charge in [0, 0.05) is 10.0 Å². The lowest BCUT2D eigenvalue weighted by molar-refractivity contribution is 0.305. The molecule has 3 rings (SSSR count). The fraction of sp³-hybridized carbons (Fsp3) is 0.111. The van der Waals surface area contributed by atoms with E-state index >= 15 is 0 Å². The third-order valence-electron chi connectivity index (χ3n) is 3.43. The number of fused-ring (bicyclic) bond motifs is 1. The summed E-state index contributed by atoms with van der Waals surface area (Å²) in [6.45, 7) is 0.535. The first-order valence-corrected chi connectivity index (χ1v) is 8.04. The highest BCUT2D eigenvalue weighted by atomic mass is 79.9. The smallest absolute Gasteiger partial charge is 0.124 e. The molecule has 0 amide bonds. The largest absolute Gasteiger partial charge is 0.489 e. The van der Waals surface area contributed by atoms with Gasteiger partial charge in [-0.25, -0.2) is 0 Å². The van der Waals surface area contributed by atoms with Gasteiger partial charge in [0.05, 0.1) is 5.88 Å². The Labute approximate surface area is 137 Å². The van der Waals surface area contributed by atoms with Crippen molar-refractivity contribution in [3.63, 3.8) is 0 Å². The number of benzene rings is 3. The van der Waals surface area contributed by atoms with E-state index < -0.39 is 0 Å². The summed E-state index contributed by atoms with van der Waals surface area (Å²) in [5, 5.41) is 2.46. The van der Waals surface area contributed by atoms with E-state index in [4.69, 9.17) is 16.3 Å². The molecule has 0 aromatic heterocycles. The number of hydrogen-bond donors (Lipinski definition) is 0. The SMILES string of the molecule is ClCc1cc(Br)ccc1OCc1cccc2ccccc12. The van der Waals surface area contributed by atoms with E-state index in [9.17, 15) is 0 Å². The lowest BCUT2D eigenvalue weighted by Crippen LogP contribution is -1.98. The zero-order chi connectivity index (χ0) is 14.7. The van der Waals surface area contributed by atoms with Crippen LogP contribution in [0.15, 0.2) is 65.1 Å². The highest BCUT2D eigenvalue weighted by molar-refractivity contribution is 9.10. The standard InChI is InChI=1S/C18H14BrClO/c19-16-8-9-18(15(10-16)11-20)21-12-14-6-3-5-13-4-1-2-7-17(13)14/h1-10H,11-12H2. The molecule has 3 aromatic carbocycles. The van der Waals surface area contributed by atoms with Crippen LogP contribution >= 0.6 is 27.5 Å². The van der Waals surface area contributed by atoms with E-state index in [-0.39, 0.29) is 0 Å². The van der Waals surface area contributed by atoms with Gasteiger partial charge in [0.2, 0.25) is 0 Å². The molecule has 21 heavy (non-hydrogen) atoms. The quantitative estimate of drug-likeness (QED) is 0.524. The minimum absolute atomic E-state index is 0.435. The van der Waals surface area contributed by atoms with Crippen LogP contribution in [-0.2, 0) is 12.5 Å². The zero-order valence-corrected chi connectivity index (χ0v) is 13.7. The van der Waals surface area contributed by atoms with Crippen molar-refractivity contribution >= 4 is 38.3 Å². The third-order valence-corrected chi connectivity index (χ3v) is 4.21. The Balaban J connectivity index is 1.87. The van der Waals surface area contributed by atoms with Crippen LogP contribution in [0.4, 0.5) is 0 Å². The lowest BCUT2D eigenvalue weighted by Gasteiger charge is -2.12. The maximum absolute atomic E-state index is 5.98. The first-order chi connectivity index (χ1) is 10.3. The van der Waals surface area contributed by atoms with Crippen LogP contribution in [0, 0.1) is 0 Å². The summed E-state index contributed by atoms with van der Waals surface area (Å²) in [5.41, 5.74) is 2.17.